The minimum absolute atomic E-state index is 0.160. The molecule has 3 N–H and O–H groups in total. The molecule has 1 aliphatic rings. The van der Waals surface area contributed by atoms with Gasteiger partial charge < -0.3 is 20.6 Å². The molecule has 0 saturated carbocycles. The zero-order chi connectivity index (χ0) is 24.8. The van der Waals surface area contributed by atoms with E-state index < -0.39 is 47.2 Å². The van der Waals surface area contributed by atoms with E-state index in [1.807, 2.05) is 58.0 Å². The number of thioether (sulfide) groups is 1. The molecule has 33 heavy (non-hydrogen) atoms. The van der Waals surface area contributed by atoms with Crippen molar-refractivity contribution in [2.24, 2.45) is 5.92 Å². The van der Waals surface area contributed by atoms with Gasteiger partial charge in [-0.3, -0.25) is 19.2 Å². The second-order valence-electron chi connectivity index (χ2n) is 9.45. The van der Waals surface area contributed by atoms with Crippen LogP contribution in [-0.2, 0) is 25.6 Å². The second kappa shape index (κ2) is 11.7. The van der Waals surface area contributed by atoms with Crippen molar-refractivity contribution in [3.8, 4) is 0 Å². The van der Waals surface area contributed by atoms with Crippen LogP contribution in [0, 0.1) is 5.92 Å². The number of Topliss-reactive ketones (excluding diaryl/α,β-unsaturated/α-hetero) is 1. The van der Waals surface area contributed by atoms with Crippen LogP contribution in [0.15, 0.2) is 30.3 Å². The van der Waals surface area contributed by atoms with Gasteiger partial charge in [0.05, 0.1) is 11.9 Å². The zero-order valence-corrected chi connectivity index (χ0v) is 20.8. The van der Waals surface area contributed by atoms with Crippen molar-refractivity contribution in [2.75, 3.05) is 11.6 Å². The molecule has 0 aliphatic carbocycles. The fourth-order valence-electron chi connectivity index (χ4n) is 3.43. The largest absolute Gasteiger partial charge is 0.381 e. The van der Waals surface area contributed by atoms with Crippen LogP contribution in [0.5, 0.6) is 0 Å². The van der Waals surface area contributed by atoms with E-state index in [0.717, 1.165) is 5.56 Å². The molecule has 8 nitrogen and oxygen atoms in total. The number of aliphatic hydroxyl groups is 1. The highest BCUT2D eigenvalue weighted by Crippen LogP contribution is 2.23. The maximum Gasteiger partial charge on any atom is 0.287 e. The Morgan fingerprint density at radius 1 is 1.18 bits per heavy atom. The van der Waals surface area contributed by atoms with Crippen LogP contribution < -0.4 is 10.6 Å². The smallest absolute Gasteiger partial charge is 0.287 e. The van der Waals surface area contributed by atoms with Crippen LogP contribution in [0.25, 0.3) is 0 Å². The number of nitrogens with zero attached hydrogens (tertiary/aromatic N) is 1. The molecular formula is C24H35N3O5S. The van der Waals surface area contributed by atoms with E-state index in [2.05, 4.69) is 10.6 Å². The number of hydrogen-bond acceptors (Lipinski definition) is 6. The van der Waals surface area contributed by atoms with Gasteiger partial charge in [0.15, 0.2) is 6.10 Å². The summed E-state index contributed by atoms with van der Waals surface area (Å²) < 4.78 is 0. The molecule has 1 aliphatic heterocycles. The van der Waals surface area contributed by atoms with Crippen LogP contribution >= 0.6 is 11.8 Å². The Kier molecular flexibility index (Phi) is 9.48. The highest BCUT2D eigenvalue weighted by molar-refractivity contribution is 7.99. The lowest BCUT2D eigenvalue weighted by Crippen LogP contribution is -2.58. The monoisotopic (exact) mass is 477 g/mol. The van der Waals surface area contributed by atoms with Gasteiger partial charge in [-0.1, -0.05) is 44.2 Å². The maximum absolute atomic E-state index is 13.2. The van der Waals surface area contributed by atoms with Gasteiger partial charge in [-0.25, -0.2) is 0 Å². The van der Waals surface area contributed by atoms with Gasteiger partial charge in [-0.05, 0) is 39.2 Å². The summed E-state index contributed by atoms with van der Waals surface area (Å²) in [6.45, 7) is 9.04. The van der Waals surface area contributed by atoms with Crippen LogP contribution in [0.2, 0.25) is 0 Å². The quantitative estimate of drug-likeness (QED) is 0.465. The lowest BCUT2D eigenvalue weighted by atomic mass is 9.98. The van der Waals surface area contributed by atoms with E-state index in [1.165, 1.54) is 16.7 Å². The summed E-state index contributed by atoms with van der Waals surface area (Å²) in [5.41, 5.74) is 0.334. The fourth-order valence-corrected chi connectivity index (χ4v) is 4.59. The minimum atomic E-state index is -1.61. The van der Waals surface area contributed by atoms with E-state index in [1.54, 1.807) is 6.92 Å². The van der Waals surface area contributed by atoms with Crippen LogP contribution in [-0.4, -0.2) is 68.9 Å². The zero-order valence-electron chi connectivity index (χ0n) is 20.0. The molecule has 1 aromatic rings. The van der Waals surface area contributed by atoms with Crippen molar-refractivity contribution in [1.82, 2.24) is 15.5 Å². The van der Waals surface area contributed by atoms with Gasteiger partial charge in [0.25, 0.3) is 11.8 Å². The number of hydrogen-bond donors (Lipinski definition) is 3. The number of benzene rings is 1. The van der Waals surface area contributed by atoms with Crippen molar-refractivity contribution >= 4 is 35.3 Å². The summed E-state index contributed by atoms with van der Waals surface area (Å²) in [5, 5.41) is 16.5. The molecule has 1 fully saturated rings. The van der Waals surface area contributed by atoms with Gasteiger partial charge in [0.2, 0.25) is 11.7 Å². The predicted molar refractivity (Wildman–Crippen MR) is 128 cm³/mol. The molecule has 1 saturated heterocycles. The normalized spacial score (nSPS) is 18.8. The van der Waals surface area contributed by atoms with E-state index in [9.17, 15) is 24.3 Å². The lowest BCUT2D eigenvalue weighted by Gasteiger charge is -2.31. The number of amides is 3. The number of ketones is 1. The van der Waals surface area contributed by atoms with Gasteiger partial charge in [-0.15, -0.1) is 11.8 Å². The first-order chi connectivity index (χ1) is 15.4. The molecule has 182 valence electrons. The molecule has 1 unspecified atom stereocenters. The molecule has 2 rings (SSSR count). The molecule has 0 spiro atoms. The van der Waals surface area contributed by atoms with Gasteiger partial charge >= 0.3 is 0 Å². The Balaban J connectivity index is 2.22. The maximum atomic E-state index is 13.2. The third-order valence-corrected chi connectivity index (χ3v) is 6.51. The summed E-state index contributed by atoms with van der Waals surface area (Å²) in [7, 11) is 0. The Labute approximate surface area is 199 Å². The van der Waals surface area contributed by atoms with E-state index in [-0.39, 0.29) is 18.2 Å². The molecular weight excluding hydrogens is 442 g/mol. The van der Waals surface area contributed by atoms with Crippen LogP contribution in [0.1, 0.15) is 46.6 Å². The fraction of sp³-hybridized carbons (Fsp3) is 0.583. The van der Waals surface area contributed by atoms with Crippen molar-refractivity contribution in [1.29, 1.82) is 0 Å². The van der Waals surface area contributed by atoms with Crippen molar-refractivity contribution < 1.29 is 24.3 Å². The van der Waals surface area contributed by atoms with Gasteiger partial charge in [0.1, 0.15) is 6.04 Å². The topological polar surface area (TPSA) is 116 Å². The number of nitrogens with one attached hydrogen (secondary N) is 2. The van der Waals surface area contributed by atoms with Crippen LogP contribution in [0.4, 0.5) is 0 Å². The summed E-state index contributed by atoms with van der Waals surface area (Å²) in [5.74, 6) is -2.13. The summed E-state index contributed by atoms with van der Waals surface area (Å²) in [6.07, 6.45) is -0.942. The first-order valence-corrected chi connectivity index (χ1v) is 12.4. The molecule has 0 radical (unpaired) electrons. The highest BCUT2D eigenvalue weighted by atomic mass is 32.2. The number of carbonyl (C=O) groups excluding carboxylic acids is 4. The summed E-state index contributed by atoms with van der Waals surface area (Å²) in [6, 6.07) is 7.37. The number of aliphatic hydroxyl groups excluding tert-OH is 1. The SMILES string of the molecule is CCC(C)C(=O)C(=O)N[C@@H](Cc1ccccc1)[C@H](O)C(=O)N1CSC[C@H]1C(=O)NC(C)(C)C. The van der Waals surface area contributed by atoms with Crippen molar-refractivity contribution in [3.63, 3.8) is 0 Å². The van der Waals surface area contributed by atoms with Crippen molar-refractivity contribution in [3.05, 3.63) is 35.9 Å². The molecule has 9 heteroatoms. The van der Waals surface area contributed by atoms with Gasteiger partial charge in [-0.2, -0.15) is 0 Å². The van der Waals surface area contributed by atoms with E-state index >= 15 is 0 Å². The summed E-state index contributed by atoms with van der Waals surface area (Å²) >= 11 is 1.42. The Bertz CT molecular complexity index is 855. The highest BCUT2D eigenvalue weighted by Gasteiger charge is 2.41. The number of rotatable bonds is 9. The third kappa shape index (κ3) is 7.57. The van der Waals surface area contributed by atoms with Crippen molar-refractivity contribution in [2.45, 2.75) is 71.2 Å². The Morgan fingerprint density at radius 2 is 1.82 bits per heavy atom. The van der Waals surface area contributed by atoms with E-state index in [4.69, 9.17) is 0 Å². The molecule has 1 heterocycles. The van der Waals surface area contributed by atoms with Crippen LogP contribution in [0.3, 0.4) is 0 Å². The Morgan fingerprint density at radius 3 is 2.39 bits per heavy atom. The molecule has 4 atom stereocenters. The lowest BCUT2D eigenvalue weighted by molar-refractivity contribution is -0.148. The average molecular weight is 478 g/mol. The minimum Gasteiger partial charge on any atom is -0.381 e. The van der Waals surface area contributed by atoms with E-state index in [0.29, 0.717) is 12.2 Å². The first-order valence-electron chi connectivity index (χ1n) is 11.2. The average Bonchev–Trinajstić information content (AvgIpc) is 3.26. The predicted octanol–water partition coefficient (Wildman–Crippen LogP) is 1.51. The summed E-state index contributed by atoms with van der Waals surface area (Å²) in [4.78, 5) is 52.2. The van der Waals surface area contributed by atoms with Gasteiger partial charge in [0, 0.05) is 17.2 Å². The molecule has 0 aromatic heterocycles. The third-order valence-electron chi connectivity index (χ3n) is 5.50. The Hall–Kier alpha value is -2.39. The first kappa shape index (κ1) is 26.9. The molecule has 1 aromatic carbocycles. The number of carbonyl (C=O) groups is 4. The molecule has 0 bridgehead atoms. The molecule has 3 amide bonds. The second-order valence-corrected chi connectivity index (χ2v) is 10.5. The standard InChI is InChI=1S/C24H35N3O5S/c1-6-15(2)19(28)22(31)25-17(12-16-10-8-7-9-11-16)20(29)23(32)27-14-33-13-18(27)21(30)26-24(3,4)5/h7-11,15,17-18,20,29H,6,12-14H2,1-5H3,(H,25,31)(H,26,30)/t15?,17-,18-,20-/m0/s1.